The Bertz CT molecular complexity index is 826. The number of esters is 1. The fourth-order valence-corrected chi connectivity index (χ4v) is 3.85. The highest BCUT2D eigenvalue weighted by Gasteiger charge is 2.51. The first-order valence-corrected chi connectivity index (χ1v) is 9.53. The summed E-state index contributed by atoms with van der Waals surface area (Å²) in [6.07, 6.45) is 3.11. The van der Waals surface area contributed by atoms with E-state index in [1.807, 2.05) is 0 Å². The van der Waals surface area contributed by atoms with Crippen LogP contribution in [0.4, 0.5) is 5.69 Å². The topological polar surface area (TPSA) is 136 Å². The number of ether oxygens (including phenoxy) is 1. The van der Waals surface area contributed by atoms with Crippen molar-refractivity contribution in [2.24, 2.45) is 17.6 Å². The molecule has 3 atom stereocenters. The number of likely N-dealkylation sites (tertiary alicyclic amines) is 1. The minimum Gasteiger partial charge on any atom is -0.454 e. The number of hydrogen-bond donors (Lipinski definition) is 2. The molecule has 1 aromatic rings. The number of carbonyl (C=O) groups excluding carboxylic acids is 5. The maximum absolute atomic E-state index is 12.5. The third kappa shape index (κ3) is 4.28. The number of hydrogen-bond acceptors (Lipinski definition) is 6. The third-order valence-corrected chi connectivity index (χ3v) is 5.40. The van der Waals surface area contributed by atoms with Gasteiger partial charge >= 0.3 is 5.97 Å². The predicted molar refractivity (Wildman–Crippen MR) is 101 cm³/mol. The molecule has 29 heavy (non-hydrogen) atoms. The molecule has 0 unspecified atom stereocenters. The van der Waals surface area contributed by atoms with E-state index in [0.29, 0.717) is 24.1 Å². The molecule has 3 rings (SSSR count). The molecule has 1 saturated heterocycles. The van der Waals surface area contributed by atoms with E-state index in [1.165, 1.54) is 31.2 Å². The first-order chi connectivity index (χ1) is 13.8. The summed E-state index contributed by atoms with van der Waals surface area (Å²) in [7, 11) is 0. The second-order valence-corrected chi connectivity index (χ2v) is 7.32. The summed E-state index contributed by atoms with van der Waals surface area (Å²) in [5, 5.41) is 2.51. The zero-order valence-corrected chi connectivity index (χ0v) is 16.1. The molecule has 0 radical (unpaired) electrons. The maximum atomic E-state index is 12.5. The SMILES string of the molecule is C[C@@H](C(=O)OCC(=O)Nc1ccc(C(N)=O)cc1)N1C(=O)[C@H]2CCCC[C@@H]2C1=O. The normalized spacial score (nSPS) is 22.0. The number of imide groups is 1. The molecule has 1 aromatic carbocycles. The monoisotopic (exact) mass is 401 g/mol. The van der Waals surface area contributed by atoms with E-state index in [4.69, 9.17) is 10.5 Å². The molecule has 2 fully saturated rings. The van der Waals surface area contributed by atoms with Crippen molar-refractivity contribution in [2.45, 2.75) is 38.6 Å². The van der Waals surface area contributed by atoms with Crippen LogP contribution in [-0.4, -0.2) is 47.1 Å². The molecule has 1 saturated carbocycles. The largest absolute Gasteiger partial charge is 0.454 e. The number of benzene rings is 1. The van der Waals surface area contributed by atoms with Gasteiger partial charge in [-0.1, -0.05) is 12.8 Å². The smallest absolute Gasteiger partial charge is 0.329 e. The van der Waals surface area contributed by atoms with Crippen LogP contribution in [0.15, 0.2) is 24.3 Å². The van der Waals surface area contributed by atoms with Crippen LogP contribution in [0.25, 0.3) is 0 Å². The van der Waals surface area contributed by atoms with Gasteiger partial charge in [0, 0.05) is 11.3 Å². The van der Waals surface area contributed by atoms with Gasteiger partial charge in [-0.15, -0.1) is 0 Å². The minimum atomic E-state index is -1.08. The molecular formula is C20H23N3O6. The number of anilines is 1. The van der Waals surface area contributed by atoms with Crippen molar-refractivity contribution in [2.75, 3.05) is 11.9 Å². The van der Waals surface area contributed by atoms with E-state index in [0.717, 1.165) is 17.7 Å². The minimum absolute atomic E-state index is 0.295. The molecular weight excluding hydrogens is 378 g/mol. The molecule has 9 nitrogen and oxygen atoms in total. The van der Waals surface area contributed by atoms with Gasteiger partial charge in [-0.25, -0.2) is 4.79 Å². The number of rotatable bonds is 6. The summed E-state index contributed by atoms with van der Waals surface area (Å²) < 4.78 is 4.99. The number of nitrogens with zero attached hydrogens (tertiary/aromatic N) is 1. The van der Waals surface area contributed by atoms with E-state index < -0.39 is 30.4 Å². The van der Waals surface area contributed by atoms with Crippen LogP contribution in [0.5, 0.6) is 0 Å². The average molecular weight is 401 g/mol. The predicted octanol–water partition coefficient (Wildman–Crippen LogP) is 0.831. The Morgan fingerprint density at radius 2 is 1.66 bits per heavy atom. The molecule has 9 heteroatoms. The van der Waals surface area contributed by atoms with E-state index in [1.54, 1.807) is 0 Å². The van der Waals surface area contributed by atoms with Gasteiger partial charge in [-0.05, 0) is 44.0 Å². The first kappa shape index (κ1) is 20.5. The zero-order chi connectivity index (χ0) is 21.1. The van der Waals surface area contributed by atoms with Gasteiger partial charge < -0.3 is 15.8 Å². The summed E-state index contributed by atoms with van der Waals surface area (Å²) in [5.74, 6) is -3.35. The molecule has 0 spiro atoms. The highest BCUT2D eigenvalue weighted by atomic mass is 16.5. The standard InChI is InChI=1S/C20H23N3O6/c1-11(23-18(26)14-4-2-3-5-15(14)19(23)27)20(28)29-10-16(24)22-13-8-6-12(7-9-13)17(21)25/h6-9,11,14-15H,2-5,10H2,1H3,(H2,21,25)(H,22,24)/t11-,14-,15-/m0/s1. The van der Waals surface area contributed by atoms with Gasteiger partial charge in [0.25, 0.3) is 5.91 Å². The Balaban J connectivity index is 1.53. The highest BCUT2D eigenvalue weighted by molar-refractivity contribution is 6.08. The Labute approximate surface area is 167 Å². The van der Waals surface area contributed by atoms with Crippen molar-refractivity contribution < 1.29 is 28.7 Å². The first-order valence-electron chi connectivity index (χ1n) is 9.53. The fourth-order valence-electron chi connectivity index (χ4n) is 3.85. The summed E-state index contributed by atoms with van der Waals surface area (Å²) in [6, 6.07) is 4.81. The molecule has 1 aliphatic carbocycles. The third-order valence-electron chi connectivity index (χ3n) is 5.40. The van der Waals surface area contributed by atoms with Crippen molar-refractivity contribution in [3.8, 4) is 0 Å². The van der Waals surface area contributed by atoms with Gasteiger partial charge in [0.1, 0.15) is 6.04 Å². The van der Waals surface area contributed by atoms with Crippen molar-refractivity contribution in [1.82, 2.24) is 4.90 Å². The second kappa shape index (κ2) is 8.42. The molecule has 1 aliphatic heterocycles. The van der Waals surface area contributed by atoms with Gasteiger partial charge in [0.05, 0.1) is 11.8 Å². The lowest BCUT2D eigenvalue weighted by Gasteiger charge is -2.21. The Kier molecular flexibility index (Phi) is 5.95. The van der Waals surface area contributed by atoms with Gasteiger partial charge in [0.15, 0.2) is 6.61 Å². The number of carbonyl (C=O) groups is 5. The van der Waals surface area contributed by atoms with Gasteiger partial charge in [-0.3, -0.25) is 24.1 Å². The fraction of sp³-hybridized carbons (Fsp3) is 0.450. The van der Waals surface area contributed by atoms with Crippen LogP contribution >= 0.6 is 0 Å². The van der Waals surface area contributed by atoms with E-state index >= 15 is 0 Å². The number of primary amides is 1. The van der Waals surface area contributed by atoms with Crippen molar-refractivity contribution in [3.05, 3.63) is 29.8 Å². The van der Waals surface area contributed by atoms with Crippen LogP contribution in [0.3, 0.4) is 0 Å². The van der Waals surface area contributed by atoms with Crippen LogP contribution in [0.1, 0.15) is 43.0 Å². The number of nitrogens with one attached hydrogen (secondary N) is 1. The van der Waals surface area contributed by atoms with Crippen LogP contribution in [-0.2, 0) is 23.9 Å². The molecule has 4 amide bonds. The maximum Gasteiger partial charge on any atom is 0.329 e. The zero-order valence-electron chi connectivity index (χ0n) is 16.1. The van der Waals surface area contributed by atoms with E-state index in [-0.39, 0.29) is 23.7 Å². The quantitative estimate of drug-likeness (QED) is 0.535. The Morgan fingerprint density at radius 1 is 1.10 bits per heavy atom. The number of fused-ring (bicyclic) bond motifs is 1. The van der Waals surface area contributed by atoms with Crippen LogP contribution < -0.4 is 11.1 Å². The Morgan fingerprint density at radius 3 is 2.17 bits per heavy atom. The van der Waals surface area contributed by atoms with E-state index in [9.17, 15) is 24.0 Å². The lowest BCUT2D eigenvalue weighted by Crippen LogP contribution is -2.45. The molecule has 3 N–H and O–H groups in total. The number of amides is 4. The van der Waals surface area contributed by atoms with Crippen LogP contribution in [0.2, 0.25) is 0 Å². The molecule has 154 valence electrons. The van der Waals surface area contributed by atoms with E-state index in [2.05, 4.69) is 5.32 Å². The van der Waals surface area contributed by atoms with Crippen molar-refractivity contribution >= 4 is 35.3 Å². The average Bonchev–Trinajstić information content (AvgIpc) is 2.96. The molecule has 2 aliphatic rings. The highest BCUT2D eigenvalue weighted by Crippen LogP contribution is 2.38. The van der Waals surface area contributed by atoms with Crippen LogP contribution in [0, 0.1) is 11.8 Å². The molecule has 0 aromatic heterocycles. The summed E-state index contributed by atoms with van der Waals surface area (Å²) in [5.41, 5.74) is 5.84. The Hall–Kier alpha value is -3.23. The molecule has 1 heterocycles. The second-order valence-electron chi connectivity index (χ2n) is 7.32. The summed E-state index contributed by atoms with van der Waals surface area (Å²) >= 11 is 0. The summed E-state index contributed by atoms with van der Waals surface area (Å²) in [6.45, 7) is 0.861. The van der Waals surface area contributed by atoms with Gasteiger partial charge in [-0.2, -0.15) is 0 Å². The van der Waals surface area contributed by atoms with Crippen molar-refractivity contribution in [1.29, 1.82) is 0 Å². The van der Waals surface area contributed by atoms with Crippen molar-refractivity contribution in [3.63, 3.8) is 0 Å². The summed E-state index contributed by atoms with van der Waals surface area (Å²) in [4.78, 5) is 61.4. The van der Waals surface area contributed by atoms with Gasteiger partial charge in [0.2, 0.25) is 17.7 Å². The molecule has 0 bridgehead atoms. The lowest BCUT2D eigenvalue weighted by atomic mass is 9.81. The lowest BCUT2D eigenvalue weighted by molar-refractivity contribution is -0.159. The number of nitrogens with two attached hydrogens (primary N) is 1.